The summed E-state index contributed by atoms with van der Waals surface area (Å²) >= 11 is 3.47. The molecule has 1 unspecified atom stereocenters. The summed E-state index contributed by atoms with van der Waals surface area (Å²) in [5.74, 6) is 0.589. The van der Waals surface area contributed by atoms with Crippen LogP contribution < -0.4 is 0 Å². The number of rotatable bonds is 4. The van der Waals surface area contributed by atoms with Gasteiger partial charge in [-0.1, -0.05) is 22.0 Å². The molecule has 1 aliphatic rings. The molecule has 0 aromatic heterocycles. The lowest BCUT2D eigenvalue weighted by Gasteiger charge is -2.11. The fourth-order valence-electron chi connectivity index (χ4n) is 1.88. The van der Waals surface area contributed by atoms with E-state index in [4.69, 9.17) is 5.26 Å². The summed E-state index contributed by atoms with van der Waals surface area (Å²) in [6, 6.07) is 7.76. The maximum Gasteiger partial charge on any atom is 0.149 e. The topological polar surface area (TPSA) is 40.9 Å². The third kappa shape index (κ3) is 2.95. The summed E-state index contributed by atoms with van der Waals surface area (Å²) in [6.45, 7) is 2.01. The molecule has 1 atom stereocenters. The van der Waals surface area contributed by atoms with E-state index >= 15 is 0 Å². The van der Waals surface area contributed by atoms with Crippen molar-refractivity contribution in [2.75, 3.05) is 0 Å². The molecular weight excluding hydrogens is 278 g/mol. The van der Waals surface area contributed by atoms with Gasteiger partial charge in [-0.25, -0.2) is 0 Å². The van der Waals surface area contributed by atoms with Gasteiger partial charge in [-0.05, 0) is 49.4 Å². The number of carbonyl (C=O) groups excluding carboxylic acids is 1. The first-order valence-corrected chi connectivity index (χ1v) is 6.71. The molecule has 0 spiro atoms. The highest BCUT2D eigenvalue weighted by Gasteiger charge is 2.33. The zero-order chi connectivity index (χ0) is 12.4. The van der Waals surface area contributed by atoms with E-state index in [0.29, 0.717) is 17.8 Å². The van der Waals surface area contributed by atoms with Gasteiger partial charge in [0.1, 0.15) is 5.78 Å². The molecule has 1 aliphatic carbocycles. The van der Waals surface area contributed by atoms with E-state index in [1.807, 2.05) is 25.1 Å². The monoisotopic (exact) mass is 291 g/mol. The number of hydrogen-bond donors (Lipinski definition) is 0. The van der Waals surface area contributed by atoms with E-state index in [9.17, 15) is 4.79 Å². The molecule has 0 aliphatic heterocycles. The van der Waals surface area contributed by atoms with Gasteiger partial charge in [-0.3, -0.25) is 4.79 Å². The van der Waals surface area contributed by atoms with Gasteiger partial charge in [0.15, 0.2) is 0 Å². The first-order valence-electron chi connectivity index (χ1n) is 5.79. The molecule has 1 aromatic rings. The molecule has 3 heteroatoms. The molecule has 1 aromatic carbocycles. The van der Waals surface area contributed by atoms with Crippen molar-refractivity contribution >= 4 is 21.7 Å². The lowest BCUT2D eigenvalue weighted by Crippen LogP contribution is -2.18. The SMILES string of the molecule is Cc1ccc(C#N)cc1CC(Br)C(=O)C1CC1. The van der Waals surface area contributed by atoms with Gasteiger partial charge in [0.2, 0.25) is 0 Å². The van der Waals surface area contributed by atoms with Gasteiger partial charge in [0.05, 0.1) is 16.5 Å². The van der Waals surface area contributed by atoms with Crippen LogP contribution in [0.4, 0.5) is 0 Å². The highest BCUT2D eigenvalue weighted by Crippen LogP contribution is 2.33. The van der Waals surface area contributed by atoms with Crippen molar-refractivity contribution in [2.45, 2.75) is 31.0 Å². The van der Waals surface area contributed by atoms with Crippen LogP contribution in [0.2, 0.25) is 0 Å². The number of ketones is 1. The van der Waals surface area contributed by atoms with Crippen LogP contribution in [0.25, 0.3) is 0 Å². The summed E-state index contributed by atoms with van der Waals surface area (Å²) < 4.78 is 0. The van der Waals surface area contributed by atoms with Gasteiger partial charge in [-0.2, -0.15) is 5.26 Å². The smallest absolute Gasteiger partial charge is 0.149 e. The van der Waals surface area contributed by atoms with Crippen LogP contribution in [-0.2, 0) is 11.2 Å². The molecule has 0 bridgehead atoms. The summed E-state index contributed by atoms with van der Waals surface area (Å²) in [7, 11) is 0. The van der Waals surface area contributed by atoms with Gasteiger partial charge in [0.25, 0.3) is 0 Å². The Hall–Kier alpha value is -1.14. The summed E-state index contributed by atoms with van der Waals surface area (Å²) in [5, 5.41) is 8.87. The van der Waals surface area contributed by atoms with Crippen molar-refractivity contribution in [1.82, 2.24) is 0 Å². The molecule has 1 fully saturated rings. The van der Waals surface area contributed by atoms with E-state index in [-0.39, 0.29) is 10.7 Å². The normalized spacial score (nSPS) is 16.3. The molecule has 88 valence electrons. The van der Waals surface area contributed by atoms with Crippen molar-refractivity contribution in [3.8, 4) is 6.07 Å². The van der Waals surface area contributed by atoms with Crippen LogP contribution in [0.3, 0.4) is 0 Å². The number of nitriles is 1. The number of aryl methyl sites for hydroxylation is 1. The number of nitrogens with zero attached hydrogens (tertiary/aromatic N) is 1. The van der Waals surface area contributed by atoms with Gasteiger partial charge in [0, 0.05) is 5.92 Å². The number of hydrogen-bond acceptors (Lipinski definition) is 2. The molecular formula is C14H14BrNO. The standard InChI is InChI=1S/C14H14BrNO/c1-9-2-3-10(8-16)6-12(9)7-13(15)14(17)11-4-5-11/h2-3,6,11,13H,4-5,7H2,1H3. The van der Waals surface area contributed by atoms with Gasteiger partial charge in [-0.15, -0.1) is 0 Å². The predicted octanol–water partition coefficient (Wildman–Crippen LogP) is 3.15. The highest BCUT2D eigenvalue weighted by molar-refractivity contribution is 9.10. The van der Waals surface area contributed by atoms with Crippen LogP contribution in [0.5, 0.6) is 0 Å². The van der Waals surface area contributed by atoms with E-state index in [0.717, 1.165) is 24.0 Å². The second kappa shape index (κ2) is 5.01. The second-order valence-electron chi connectivity index (χ2n) is 4.60. The Balaban J connectivity index is 2.12. The Bertz CT molecular complexity index is 485. The molecule has 2 nitrogen and oxygen atoms in total. The van der Waals surface area contributed by atoms with Gasteiger partial charge >= 0.3 is 0 Å². The number of benzene rings is 1. The third-order valence-electron chi connectivity index (χ3n) is 3.17. The maximum atomic E-state index is 11.9. The lowest BCUT2D eigenvalue weighted by molar-refractivity contribution is -0.119. The minimum absolute atomic E-state index is 0.109. The quantitative estimate of drug-likeness (QED) is 0.800. The average Bonchev–Trinajstić information content (AvgIpc) is 3.15. The Labute approximate surface area is 110 Å². The van der Waals surface area contributed by atoms with Gasteiger partial charge < -0.3 is 0 Å². The zero-order valence-corrected chi connectivity index (χ0v) is 11.3. The lowest BCUT2D eigenvalue weighted by atomic mass is 9.99. The minimum Gasteiger partial charge on any atom is -0.298 e. The molecule has 0 heterocycles. The molecule has 0 amide bonds. The first-order chi connectivity index (χ1) is 8.11. The van der Waals surface area contributed by atoms with Crippen LogP contribution >= 0.6 is 15.9 Å². The molecule has 0 radical (unpaired) electrons. The number of alkyl halides is 1. The summed E-state index contributed by atoms with van der Waals surface area (Å²) in [5.41, 5.74) is 2.88. The van der Waals surface area contributed by atoms with Crippen LogP contribution in [0.15, 0.2) is 18.2 Å². The number of Topliss-reactive ketones (excluding diaryl/α,β-unsaturated/α-hetero) is 1. The van der Waals surface area contributed by atoms with Crippen molar-refractivity contribution in [1.29, 1.82) is 5.26 Å². The zero-order valence-electron chi connectivity index (χ0n) is 9.74. The minimum atomic E-state index is -0.109. The first kappa shape index (κ1) is 12.3. The number of carbonyl (C=O) groups is 1. The maximum absolute atomic E-state index is 11.9. The Morgan fingerprint density at radius 2 is 2.29 bits per heavy atom. The molecule has 0 saturated heterocycles. The van der Waals surface area contributed by atoms with Crippen LogP contribution in [-0.4, -0.2) is 10.6 Å². The Kier molecular flexibility index (Phi) is 3.63. The second-order valence-corrected chi connectivity index (χ2v) is 5.71. The van der Waals surface area contributed by atoms with Crippen molar-refractivity contribution < 1.29 is 4.79 Å². The molecule has 17 heavy (non-hydrogen) atoms. The predicted molar refractivity (Wildman–Crippen MR) is 70.0 cm³/mol. The summed E-state index contributed by atoms with van der Waals surface area (Å²) in [4.78, 5) is 11.8. The van der Waals surface area contributed by atoms with Crippen LogP contribution in [0, 0.1) is 24.2 Å². The fraction of sp³-hybridized carbons (Fsp3) is 0.429. The molecule has 1 saturated carbocycles. The fourth-order valence-corrected chi connectivity index (χ4v) is 2.60. The third-order valence-corrected chi connectivity index (χ3v) is 3.94. The Morgan fingerprint density at radius 3 is 2.88 bits per heavy atom. The van der Waals surface area contributed by atoms with E-state index < -0.39 is 0 Å². The highest BCUT2D eigenvalue weighted by atomic mass is 79.9. The number of halogens is 1. The largest absolute Gasteiger partial charge is 0.298 e. The van der Waals surface area contributed by atoms with Crippen molar-refractivity contribution in [3.63, 3.8) is 0 Å². The van der Waals surface area contributed by atoms with Crippen molar-refractivity contribution in [2.24, 2.45) is 5.92 Å². The van der Waals surface area contributed by atoms with Crippen LogP contribution in [0.1, 0.15) is 29.5 Å². The van der Waals surface area contributed by atoms with Crippen molar-refractivity contribution in [3.05, 3.63) is 34.9 Å². The molecule has 0 N–H and O–H groups in total. The molecule has 2 rings (SSSR count). The summed E-state index contributed by atoms with van der Waals surface area (Å²) in [6.07, 6.45) is 2.76. The van der Waals surface area contributed by atoms with E-state index in [2.05, 4.69) is 22.0 Å². The van der Waals surface area contributed by atoms with E-state index in [1.54, 1.807) is 0 Å². The Morgan fingerprint density at radius 1 is 1.59 bits per heavy atom. The average molecular weight is 292 g/mol. The van der Waals surface area contributed by atoms with E-state index in [1.165, 1.54) is 0 Å².